The molecule has 0 fully saturated rings. The largest absolute Gasteiger partial charge is 0.325 e. The van der Waals surface area contributed by atoms with Gasteiger partial charge in [0.1, 0.15) is 22.7 Å². The number of amides is 1. The first-order valence-electron chi connectivity index (χ1n) is 8.18. The average Bonchev–Trinajstić information content (AvgIpc) is 3.03. The summed E-state index contributed by atoms with van der Waals surface area (Å²) in [5, 5.41) is 10.9. The van der Waals surface area contributed by atoms with E-state index in [0.717, 1.165) is 5.56 Å². The second-order valence-corrected chi connectivity index (χ2v) is 7.17. The second kappa shape index (κ2) is 6.99. The van der Waals surface area contributed by atoms with Gasteiger partial charge in [-0.15, -0.1) is 10.2 Å². The lowest BCUT2D eigenvalue weighted by Gasteiger charge is -2.32. The summed E-state index contributed by atoms with van der Waals surface area (Å²) in [7, 11) is 0. The Bertz CT molecular complexity index is 974. The molecule has 2 heterocycles. The van der Waals surface area contributed by atoms with E-state index in [1.165, 1.54) is 48.2 Å². The zero-order valence-corrected chi connectivity index (χ0v) is 15.0. The number of nitrogens with one attached hydrogen (secondary N) is 2. The van der Waals surface area contributed by atoms with Gasteiger partial charge < -0.3 is 10.7 Å². The Morgan fingerprint density at radius 1 is 1.07 bits per heavy atom. The van der Waals surface area contributed by atoms with Gasteiger partial charge in [-0.25, -0.2) is 13.5 Å². The summed E-state index contributed by atoms with van der Waals surface area (Å²) in [6, 6.07) is 11.1. The number of anilines is 1. The van der Waals surface area contributed by atoms with Crippen molar-refractivity contribution in [3.05, 3.63) is 71.6 Å². The van der Waals surface area contributed by atoms with Gasteiger partial charge in [-0.1, -0.05) is 23.9 Å². The molecule has 0 aliphatic carbocycles. The number of hydrogen-bond donors (Lipinski definition) is 2. The Morgan fingerprint density at radius 2 is 1.70 bits per heavy atom. The molecule has 3 aromatic rings. The van der Waals surface area contributed by atoms with Crippen molar-refractivity contribution in [1.82, 2.24) is 14.9 Å². The van der Waals surface area contributed by atoms with Gasteiger partial charge in [0.15, 0.2) is 0 Å². The molecular weight excluding hydrogens is 372 g/mol. The molecule has 6 nitrogen and oxygen atoms in total. The van der Waals surface area contributed by atoms with E-state index in [0.29, 0.717) is 16.7 Å². The normalized spacial score (nSPS) is 18.5. The summed E-state index contributed by atoms with van der Waals surface area (Å²) < 4.78 is 28.1. The van der Waals surface area contributed by atoms with E-state index in [4.69, 9.17) is 0 Å². The number of aromatic nitrogens is 3. The molecule has 0 bridgehead atoms. The highest BCUT2D eigenvalue weighted by molar-refractivity contribution is 8.00. The standard InChI is InChI=1S/C18H15F2N5OS/c1-10-22-23-18-25(10)24-15(11-2-4-12(19)5-3-11)16(27-18)17(26)21-14-8-6-13(20)7-9-14/h2-9,15-16,24H,1H3,(H,21,26)/t15-,16+/m0/s1. The lowest BCUT2D eigenvalue weighted by Crippen LogP contribution is -2.41. The number of hydrogen-bond acceptors (Lipinski definition) is 5. The van der Waals surface area contributed by atoms with E-state index in [1.54, 1.807) is 23.7 Å². The minimum atomic E-state index is -0.586. The third kappa shape index (κ3) is 3.50. The molecule has 0 saturated heterocycles. The second-order valence-electron chi connectivity index (χ2n) is 6.06. The predicted molar refractivity (Wildman–Crippen MR) is 97.9 cm³/mol. The molecule has 0 unspecified atom stereocenters. The highest BCUT2D eigenvalue weighted by Gasteiger charge is 2.37. The molecule has 2 N–H and O–H groups in total. The fourth-order valence-electron chi connectivity index (χ4n) is 2.83. The van der Waals surface area contributed by atoms with E-state index in [-0.39, 0.29) is 17.5 Å². The molecule has 1 amide bonds. The zero-order valence-electron chi connectivity index (χ0n) is 14.2. The van der Waals surface area contributed by atoms with Crippen LogP contribution in [0.15, 0.2) is 53.7 Å². The summed E-state index contributed by atoms with van der Waals surface area (Å²) in [6.45, 7) is 1.80. The van der Waals surface area contributed by atoms with E-state index < -0.39 is 11.3 Å². The van der Waals surface area contributed by atoms with Crippen LogP contribution in [-0.2, 0) is 4.79 Å². The van der Waals surface area contributed by atoms with Crippen LogP contribution < -0.4 is 10.7 Å². The van der Waals surface area contributed by atoms with Crippen molar-refractivity contribution in [3.8, 4) is 0 Å². The molecule has 0 spiro atoms. The minimum absolute atomic E-state index is 0.277. The minimum Gasteiger partial charge on any atom is -0.325 e. The number of nitrogens with zero attached hydrogens (tertiary/aromatic N) is 3. The van der Waals surface area contributed by atoms with Gasteiger partial charge in [-0.2, -0.15) is 0 Å². The Kier molecular flexibility index (Phi) is 4.53. The Morgan fingerprint density at radius 3 is 2.37 bits per heavy atom. The molecule has 138 valence electrons. The maximum Gasteiger partial charge on any atom is 0.240 e. The zero-order chi connectivity index (χ0) is 19.0. The quantitative estimate of drug-likeness (QED) is 0.722. The Balaban J connectivity index is 1.65. The van der Waals surface area contributed by atoms with Crippen LogP contribution >= 0.6 is 11.8 Å². The maximum atomic E-state index is 13.3. The fourth-order valence-corrected chi connectivity index (χ4v) is 3.95. The fraction of sp³-hybridized carbons (Fsp3) is 0.167. The molecule has 9 heteroatoms. The van der Waals surface area contributed by atoms with Gasteiger partial charge in [0.05, 0.1) is 6.04 Å². The first kappa shape index (κ1) is 17.5. The van der Waals surface area contributed by atoms with Crippen LogP contribution in [0.25, 0.3) is 0 Å². The van der Waals surface area contributed by atoms with Crippen LogP contribution in [0.4, 0.5) is 14.5 Å². The average molecular weight is 387 g/mol. The molecule has 1 aromatic heterocycles. The molecule has 4 rings (SSSR count). The Labute approximate surface area is 158 Å². The number of fused-ring (bicyclic) bond motifs is 1. The summed E-state index contributed by atoms with van der Waals surface area (Å²) in [4.78, 5) is 12.9. The smallest absolute Gasteiger partial charge is 0.240 e. The van der Waals surface area contributed by atoms with Crippen molar-refractivity contribution in [3.63, 3.8) is 0 Å². The van der Waals surface area contributed by atoms with Gasteiger partial charge in [0, 0.05) is 5.69 Å². The number of thioether (sulfide) groups is 1. The van der Waals surface area contributed by atoms with Crippen molar-refractivity contribution in [2.24, 2.45) is 0 Å². The monoisotopic (exact) mass is 387 g/mol. The summed E-state index contributed by atoms with van der Waals surface area (Å²) in [5.41, 5.74) is 4.48. The number of benzene rings is 2. The summed E-state index contributed by atoms with van der Waals surface area (Å²) >= 11 is 1.26. The lowest BCUT2D eigenvalue weighted by atomic mass is 10.0. The molecule has 27 heavy (non-hydrogen) atoms. The van der Waals surface area contributed by atoms with Crippen LogP contribution in [0.1, 0.15) is 17.4 Å². The third-order valence-electron chi connectivity index (χ3n) is 4.20. The van der Waals surface area contributed by atoms with E-state index in [9.17, 15) is 13.6 Å². The van der Waals surface area contributed by atoms with Crippen molar-refractivity contribution in [2.75, 3.05) is 10.7 Å². The molecule has 0 radical (unpaired) electrons. The number of carbonyl (C=O) groups excluding carboxylic acids is 1. The van der Waals surface area contributed by atoms with Crippen LogP contribution in [0.3, 0.4) is 0 Å². The molecule has 1 aliphatic rings. The van der Waals surface area contributed by atoms with Crippen molar-refractivity contribution in [2.45, 2.75) is 23.4 Å². The Hall–Kier alpha value is -2.94. The number of aryl methyl sites for hydroxylation is 1. The number of rotatable bonds is 3. The van der Waals surface area contributed by atoms with Gasteiger partial charge in [-0.05, 0) is 48.9 Å². The van der Waals surface area contributed by atoms with Gasteiger partial charge >= 0.3 is 0 Å². The highest BCUT2D eigenvalue weighted by atomic mass is 32.2. The molecule has 2 atom stereocenters. The molecule has 1 aliphatic heterocycles. The van der Waals surface area contributed by atoms with Crippen LogP contribution in [0.2, 0.25) is 0 Å². The van der Waals surface area contributed by atoms with Crippen LogP contribution in [0, 0.1) is 18.6 Å². The van der Waals surface area contributed by atoms with Crippen molar-refractivity contribution >= 4 is 23.4 Å². The van der Waals surface area contributed by atoms with E-state index in [1.807, 2.05) is 0 Å². The molecule has 0 saturated carbocycles. The summed E-state index contributed by atoms with van der Waals surface area (Å²) in [6.07, 6.45) is 0. The number of halogens is 2. The first-order chi connectivity index (χ1) is 13.0. The first-order valence-corrected chi connectivity index (χ1v) is 9.06. The molecular formula is C18H15F2N5OS. The summed E-state index contributed by atoms with van der Waals surface area (Å²) in [5.74, 6) is -0.354. The topological polar surface area (TPSA) is 71.8 Å². The van der Waals surface area contributed by atoms with Crippen LogP contribution in [-0.4, -0.2) is 26.0 Å². The lowest BCUT2D eigenvalue weighted by molar-refractivity contribution is -0.116. The van der Waals surface area contributed by atoms with E-state index in [2.05, 4.69) is 20.9 Å². The predicted octanol–water partition coefficient (Wildman–Crippen LogP) is 3.26. The van der Waals surface area contributed by atoms with Gasteiger partial charge in [-0.3, -0.25) is 4.79 Å². The highest BCUT2D eigenvalue weighted by Crippen LogP contribution is 2.37. The van der Waals surface area contributed by atoms with Crippen molar-refractivity contribution in [1.29, 1.82) is 0 Å². The third-order valence-corrected chi connectivity index (χ3v) is 5.41. The number of carbonyl (C=O) groups is 1. The van der Waals surface area contributed by atoms with E-state index >= 15 is 0 Å². The van der Waals surface area contributed by atoms with Crippen molar-refractivity contribution < 1.29 is 13.6 Å². The maximum absolute atomic E-state index is 13.3. The van der Waals surface area contributed by atoms with Gasteiger partial charge in [0.25, 0.3) is 0 Å². The van der Waals surface area contributed by atoms with Crippen LogP contribution in [0.5, 0.6) is 0 Å². The molecule has 2 aromatic carbocycles. The SMILES string of the molecule is Cc1nnc2n1N[C@@H](c1ccc(F)cc1)[C@H](C(=O)Nc1ccc(F)cc1)S2. The van der Waals surface area contributed by atoms with Gasteiger partial charge in [0.2, 0.25) is 11.1 Å².